The van der Waals surface area contributed by atoms with E-state index in [1.165, 1.54) is 6.20 Å². The maximum absolute atomic E-state index is 11.0. The van der Waals surface area contributed by atoms with E-state index in [0.29, 0.717) is 12.4 Å². The predicted molar refractivity (Wildman–Crippen MR) is 43.8 cm³/mol. The van der Waals surface area contributed by atoms with Crippen molar-refractivity contribution in [3.63, 3.8) is 0 Å². The maximum atomic E-state index is 11.0. The number of nitrogens with zero attached hydrogens (tertiary/aromatic N) is 1. The van der Waals surface area contributed by atoms with Gasteiger partial charge in [-0.25, -0.2) is 4.79 Å². The van der Waals surface area contributed by atoms with E-state index in [2.05, 4.69) is 20.3 Å². The van der Waals surface area contributed by atoms with Gasteiger partial charge >= 0.3 is 6.03 Å². The van der Waals surface area contributed by atoms with E-state index in [0.717, 1.165) is 6.42 Å². The van der Waals surface area contributed by atoms with Crippen molar-refractivity contribution >= 4 is 11.9 Å². The summed E-state index contributed by atoms with van der Waals surface area (Å²) in [4.78, 5) is 11.0. The minimum atomic E-state index is -0.270. The summed E-state index contributed by atoms with van der Waals surface area (Å²) >= 11 is 0. The van der Waals surface area contributed by atoms with Crippen LogP contribution in [-0.4, -0.2) is 17.7 Å². The molecule has 12 heavy (non-hydrogen) atoms. The Morgan fingerprint density at radius 1 is 1.75 bits per heavy atom. The van der Waals surface area contributed by atoms with Gasteiger partial charge in [-0.15, -0.1) is 0 Å². The molecule has 0 spiro atoms. The fraction of sp³-hybridized carbons (Fsp3) is 0.429. The zero-order valence-corrected chi connectivity index (χ0v) is 6.83. The van der Waals surface area contributed by atoms with Gasteiger partial charge < -0.3 is 9.84 Å². The highest BCUT2D eigenvalue weighted by atomic mass is 16.5. The van der Waals surface area contributed by atoms with Crippen molar-refractivity contribution in [2.24, 2.45) is 0 Å². The molecule has 0 fully saturated rings. The second kappa shape index (κ2) is 4.38. The maximum Gasteiger partial charge on any atom is 0.321 e. The van der Waals surface area contributed by atoms with Gasteiger partial charge in [0, 0.05) is 12.6 Å². The minimum Gasteiger partial charge on any atom is -0.338 e. The minimum absolute atomic E-state index is 0.270. The second-order valence-electron chi connectivity index (χ2n) is 2.26. The van der Waals surface area contributed by atoms with Crippen molar-refractivity contribution in [2.45, 2.75) is 13.3 Å². The summed E-state index contributed by atoms with van der Waals surface area (Å²) in [6.45, 7) is 2.63. The molecule has 1 aromatic heterocycles. The fourth-order valence-electron chi connectivity index (χ4n) is 0.675. The Kier molecular flexibility index (Phi) is 3.13. The summed E-state index contributed by atoms with van der Waals surface area (Å²) in [7, 11) is 0. The van der Waals surface area contributed by atoms with Crippen LogP contribution in [0.15, 0.2) is 16.8 Å². The molecule has 1 rings (SSSR count). The third-order valence-corrected chi connectivity index (χ3v) is 1.21. The van der Waals surface area contributed by atoms with Crippen LogP contribution >= 0.6 is 0 Å². The quantitative estimate of drug-likeness (QED) is 0.714. The Morgan fingerprint density at radius 3 is 3.17 bits per heavy atom. The smallest absolute Gasteiger partial charge is 0.321 e. The van der Waals surface area contributed by atoms with Gasteiger partial charge in [0.15, 0.2) is 0 Å². The number of urea groups is 1. The molecule has 0 bridgehead atoms. The van der Waals surface area contributed by atoms with Crippen LogP contribution < -0.4 is 10.6 Å². The molecule has 5 heteroatoms. The average Bonchev–Trinajstić information content (AvgIpc) is 2.53. The fourth-order valence-corrected chi connectivity index (χ4v) is 0.675. The number of carbonyl (C=O) groups is 1. The van der Waals surface area contributed by atoms with Crippen molar-refractivity contribution in [1.82, 2.24) is 10.5 Å². The summed E-state index contributed by atoms with van der Waals surface area (Å²) in [5, 5.41) is 8.55. The second-order valence-corrected chi connectivity index (χ2v) is 2.26. The summed E-state index contributed by atoms with van der Waals surface area (Å²) < 4.78 is 4.66. The molecule has 0 aromatic carbocycles. The highest BCUT2D eigenvalue weighted by Gasteiger charge is 2.01. The van der Waals surface area contributed by atoms with Crippen molar-refractivity contribution in [3.8, 4) is 0 Å². The first-order valence-electron chi connectivity index (χ1n) is 3.78. The van der Waals surface area contributed by atoms with Crippen molar-refractivity contribution in [1.29, 1.82) is 0 Å². The molecule has 0 atom stereocenters. The lowest BCUT2D eigenvalue weighted by Crippen LogP contribution is -2.28. The largest absolute Gasteiger partial charge is 0.338 e. The molecule has 0 saturated carbocycles. The predicted octanol–water partition coefficient (Wildman–Crippen LogP) is 1.21. The lowest BCUT2D eigenvalue weighted by Gasteiger charge is -2.01. The van der Waals surface area contributed by atoms with Crippen LogP contribution in [0.25, 0.3) is 0 Å². The first-order chi connectivity index (χ1) is 5.83. The van der Waals surface area contributed by atoms with Crippen molar-refractivity contribution < 1.29 is 9.32 Å². The van der Waals surface area contributed by atoms with Gasteiger partial charge in [0.25, 0.3) is 0 Å². The van der Waals surface area contributed by atoms with Gasteiger partial charge in [-0.2, -0.15) is 0 Å². The van der Waals surface area contributed by atoms with E-state index in [-0.39, 0.29) is 6.03 Å². The van der Waals surface area contributed by atoms with Crippen LogP contribution in [-0.2, 0) is 0 Å². The number of hydrogen-bond acceptors (Lipinski definition) is 3. The van der Waals surface area contributed by atoms with E-state index in [9.17, 15) is 4.79 Å². The Balaban J connectivity index is 2.27. The first kappa shape index (κ1) is 8.58. The zero-order chi connectivity index (χ0) is 8.81. The third kappa shape index (κ3) is 2.61. The van der Waals surface area contributed by atoms with Gasteiger partial charge in [-0.05, 0) is 6.42 Å². The van der Waals surface area contributed by atoms with Crippen LogP contribution in [0.2, 0.25) is 0 Å². The lowest BCUT2D eigenvalue weighted by molar-refractivity contribution is 0.251. The number of carbonyl (C=O) groups excluding carboxylic acids is 1. The molecule has 0 unspecified atom stereocenters. The molecule has 2 N–H and O–H groups in total. The molecule has 0 radical (unpaired) electrons. The number of nitrogens with one attached hydrogen (secondary N) is 2. The molecule has 66 valence electrons. The summed E-state index contributed by atoms with van der Waals surface area (Å²) in [6, 6.07) is 1.31. The lowest BCUT2D eigenvalue weighted by atomic mass is 10.5. The van der Waals surface area contributed by atoms with Gasteiger partial charge in [0.1, 0.15) is 0 Å². The van der Waals surface area contributed by atoms with Gasteiger partial charge in [-0.1, -0.05) is 12.1 Å². The number of hydrogen-bond donors (Lipinski definition) is 2. The van der Waals surface area contributed by atoms with E-state index < -0.39 is 0 Å². The molecule has 0 aliphatic heterocycles. The molecule has 0 aliphatic rings. The Morgan fingerprint density at radius 2 is 2.58 bits per heavy atom. The van der Waals surface area contributed by atoms with Crippen LogP contribution in [0.3, 0.4) is 0 Å². The van der Waals surface area contributed by atoms with Gasteiger partial charge in [0.2, 0.25) is 5.88 Å². The van der Waals surface area contributed by atoms with Crippen LogP contribution in [0.5, 0.6) is 0 Å². The summed E-state index contributed by atoms with van der Waals surface area (Å²) in [6.07, 6.45) is 2.37. The van der Waals surface area contributed by atoms with Crippen molar-refractivity contribution in [2.75, 3.05) is 11.9 Å². The van der Waals surface area contributed by atoms with E-state index in [1.54, 1.807) is 6.07 Å². The number of aromatic nitrogens is 1. The summed E-state index contributed by atoms with van der Waals surface area (Å²) in [5.41, 5.74) is 0. The zero-order valence-electron chi connectivity index (χ0n) is 6.83. The first-order valence-corrected chi connectivity index (χ1v) is 3.78. The highest BCUT2D eigenvalue weighted by Crippen LogP contribution is 2.02. The van der Waals surface area contributed by atoms with Gasteiger partial charge in [0.05, 0.1) is 6.20 Å². The molecule has 0 saturated heterocycles. The topological polar surface area (TPSA) is 67.2 Å². The highest BCUT2D eigenvalue weighted by molar-refractivity contribution is 5.87. The number of rotatable bonds is 3. The molecular weight excluding hydrogens is 158 g/mol. The third-order valence-electron chi connectivity index (χ3n) is 1.21. The van der Waals surface area contributed by atoms with Crippen LogP contribution in [0.1, 0.15) is 13.3 Å². The molecular formula is C7H11N3O2. The molecule has 2 amide bonds. The molecule has 0 aliphatic carbocycles. The monoisotopic (exact) mass is 169 g/mol. The average molecular weight is 169 g/mol. The van der Waals surface area contributed by atoms with E-state index in [4.69, 9.17) is 0 Å². The Bertz CT molecular complexity index is 233. The van der Waals surface area contributed by atoms with Crippen molar-refractivity contribution in [3.05, 3.63) is 12.3 Å². The molecule has 1 heterocycles. The standard InChI is InChI=1S/C7H11N3O2/c1-2-4-8-7(11)10-6-3-5-9-12-6/h3,5H,2,4H2,1H3,(H2,8,10,11). The SMILES string of the molecule is CCCNC(=O)Nc1ccno1. The Labute approximate surface area is 70.1 Å². The van der Waals surface area contributed by atoms with Crippen LogP contribution in [0.4, 0.5) is 10.7 Å². The van der Waals surface area contributed by atoms with E-state index in [1.807, 2.05) is 6.92 Å². The number of amides is 2. The van der Waals surface area contributed by atoms with E-state index >= 15 is 0 Å². The molecule has 1 aromatic rings. The number of anilines is 1. The summed E-state index contributed by atoms with van der Waals surface area (Å²) in [5.74, 6) is 0.351. The van der Waals surface area contributed by atoms with Gasteiger partial charge in [-0.3, -0.25) is 5.32 Å². The normalized spacial score (nSPS) is 9.42. The Hall–Kier alpha value is -1.52. The molecule has 5 nitrogen and oxygen atoms in total. The van der Waals surface area contributed by atoms with Crippen LogP contribution in [0, 0.1) is 0 Å².